The quantitative estimate of drug-likeness (QED) is 0.540. The minimum atomic E-state index is -3.79. The van der Waals surface area contributed by atoms with Gasteiger partial charge in [-0.3, -0.25) is 4.72 Å². The average molecular weight is 423 g/mol. The van der Waals surface area contributed by atoms with Gasteiger partial charge >= 0.3 is 5.97 Å². The summed E-state index contributed by atoms with van der Waals surface area (Å²) in [6.07, 6.45) is 4.51. The van der Waals surface area contributed by atoms with Crippen LogP contribution in [0.15, 0.2) is 33.9 Å². The maximum atomic E-state index is 12.6. The maximum absolute atomic E-state index is 12.6. The van der Waals surface area contributed by atoms with Gasteiger partial charge in [0.2, 0.25) is 12.5 Å². The molecule has 2 heterocycles. The first-order valence-corrected chi connectivity index (χ1v) is 10.8. The number of hydrogen-bond donors (Lipinski definition) is 1. The first-order chi connectivity index (χ1) is 13.5. The van der Waals surface area contributed by atoms with E-state index in [1.54, 1.807) is 11.4 Å². The van der Waals surface area contributed by atoms with Crippen LogP contribution in [-0.2, 0) is 19.6 Å². The van der Waals surface area contributed by atoms with Gasteiger partial charge in [0.1, 0.15) is 10.3 Å². The highest BCUT2D eigenvalue weighted by Gasteiger charge is 2.29. The topological polar surface area (TPSA) is 100 Å². The van der Waals surface area contributed by atoms with Crippen molar-refractivity contribution in [1.29, 1.82) is 0 Å². The zero-order valence-electron chi connectivity index (χ0n) is 14.8. The molecule has 10 heteroatoms. The zero-order valence-corrected chi connectivity index (χ0v) is 16.5. The summed E-state index contributed by atoms with van der Waals surface area (Å²) in [5, 5.41) is 1.67. The number of ether oxygens (including phenoxy) is 4. The van der Waals surface area contributed by atoms with Gasteiger partial charge in [0, 0.05) is 11.6 Å². The Morgan fingerprint density at radius 1 is 1.32 bits per heavy atom. The summed E-state index contributed by atoms with van der Waals surface area (Å²) in [6, 6.07) is 4.68. The fourth-order valence-corrected chi connectivity index (χ4v) is 4.68. The second-order valence-electron chi connectivity index (χ2n) is 6.12. The molecule has 28 heavy (non-hydrogen) atoms. The van der Waals surface area contributed by atoms with Crippen molar-refractivity contribution >= 4 is 39.1 Å². The number of sulfonamides is 1. The lowest BCUT2D eigenvalue weighted by molar-refractivity contribution is -0.138. The van der Waals surface area contributed by atoms with Crippen molar-refractivity contribution in [2.75, 3.05) is 18.6 Å². The van der Waals surface area contributed by atoms with Gasteiger partial charge in [-0.15, -0.1) is 11.3 Å². The smallest absolute Gasteiger partial charge is 0.331 e. The van der Waals surface area contributed by atoms with Crippen LogP contribution in [-0.4, -0.2) is 34.4 Å². The Kier molecular flexibility index (Phi) is 4.90. The molecule has 0 spiro atoms. The molecule has 1 aromatic carbocycles. The number of thiophene rings is 1. The number of esters is 1. The van der Waals surface area contributed by atoms with Gasteiger partial charge in [0.25, 0.3) is 10.0 Å². The summed E-state index contributed by atoms with van der Waals surface area (Å²) in [5.41, 5.74) is 0.639. The Bertz CT molecular complexity index is 1020. The highest BCUT2D eigenvalue weighted by atomic mass is 32.2. The molecule has 0 radical (unpaired) electrons. The summed E-state index contributed by atoms with van der Waals surface area (Å²) in [4.78, 5) is 11.9. The van der Waals surface area contributed by atoms with Crippen LogP contribution in [0.2, 0.25) is 0 Å². The van der Waals surface area contributed by atoms with E-state index in [1.807, 2.05) is 0 Å². The third-order valence-electron chi connectivity index (χ3n) is 4.04. The average Bonchev–Trinajstić information content (AvgIpc) is 3.14. The van der Waals surface area contributed by atoms with E-state index in [2.05, 4.69) is 4.72 Å². The van der Waals surface area contributed by atoms with E-state index in [0.29, 0.717) is 11.3 Å². The zero-order chi connectivity index (χ0) is 19.7. The molecule has 148 valence electrons. The van der Waals surface area contributed by atoms with Crippen LogP contribution in [0.3, 0.4) is 0 Å². The Hall–Kier alpha value is -2.72. The Labute approximate surface area is 165 Å². The summed E-state index contributed by atoms with van der Waals surface area (Å²) in [6.45, 7) is -0.0731. The number of benzene rings is 1. The van der Waals surface area contributed by atoms with Gasteiger partial charge in [-0.2, -0.15) is 0 Å². The van der Waals surface area contributed by atoms with E-state index in [9.17, 15) is 13.2 Å². The van der Waals surface area contributed by atoms with Crippen LogP contribution < -0.4 is 18.9 Å². The van der Waals surface area contributed by atoms with Gasteiger partial charge in [0.15, 0.2) is 11.5 Å². The Morgan fingerprint density at radius 3 is 2.79 bits per heavy atom. The predicted octanol–water partition coefficient (Wildman–Crippen LogP) is 3.01. The van der Waals surface area contributed by atoms with Gasteiger partial charge in [-0.25, -0.2) is 13.2 Å². The van der Waals surface area contributed by atoms with Crippen molar-refractivity contribution < 1.29 is 32.2 Å². The molecule has 2 aliphatic rings. The molecule has 0 atom stereocenters. The monoisotopic (exact) mass is 423 g/mol. The molecule has 1 fully saturated rings. The van der Waals surface area contributed by atoms with Crippen molar-refractivity contribution in [2.24, 2.45) is 0 Å². The number of nitrogens with one attached hydrogen (secondary N) is 1. The van der Waals surface area contributed by atoms with E-state index in [1.165, 1.54) is 31.4 Å². The van der Waals surface area contributed by atoms with Crippen molar-refractivity contribution in [1.82, 2.24) is 0 Å². The molecule has 1 aromatic heterocycles. The van der Waals surface area contributed by atoms with E-state index in [4.69, 9.17) is 18.9 Å². The second kappa shape index (κ2) is 7.36. The summed E-state index contributed by atoms with van der Waals surface area (Å²) < 4.78 is 49.3. The number of methoxy groups -OCH3 is 1. The third-order valence-corrected chi connectivity index (χ3v) is 6.80. The molecular weight excluding hydrogens is 406 g/mol. The van der Waals surface area contributed by atoms with Crippen LogP contribution in [0.4, 0.5) is 5.69 Å². The minimum absolute atomic E-state index is 0.0102. The minimum Gasteiger partial charge on any atom is -0.492 e. The third kappa shape index (κ3) is 3.78. The van der Waals surface area contributed by atoms with Crippen LogP contribution in [0, 0.1) is 0 Å². The number of fused-ring (bicyclic) bond motifs is 1. The van der Waals surface area contributed by atoms with E-state index < -0.39 is 16.0 Å². The molecule has 1 N–H and O–H groups in total. The lowest BCUT2D eigenvalue weighted by Crippen LogP contribution is -2.12. The SMILES string of the molecule is COc1c(C=CC(=O)OC2CC2)cc(NS(=O)(=O)c2cccs2)c2c1OCO2. The molecular formula is C18H17NO7S2. The van der Waals surface area contributed by atoms with Gasteiger partial charge < -0.3 is 18.9 Å². The first kappa shape index (κ1) is 18.6. The van der Waals surface area contributed by atoms with Gasteiger partial charge in [-0.1, -0.05) is 6.07 Å². The molecule has 0 bridgehead atoms. The molecule has 0 saturated heterocycles. The molecule has 1 aliphatic carbocycles. The van der Waals surface area contributed by atoms with E-state index in [-0.39, 0.29) is 34.3 Å². The van der Waals surface area contributed by atoms with Crippen molar-refractivity contribution in [2.45, 2.75) is 23.2 Å². The molecule has 1 saturated carbocycles. The van der Waals surface area contributed by atoms with Gasteiger partial charge in [-0.05, 0) is 36.4 Å². The molecule has 0 amide bonds. The first-order valence-electron chi connectivity index (χ1n) is 8.43. The largest absolute Gasteiger partial charge is 0.492 e. The van der Waals surface area contributed by atoms with E-state index >= 15 is 0 Å². The van der Waals surface area contributed by atoms with Crippen LogP contribution >= 0.6 is 11.3 Å². The number of rotatable bonds is 7. The second-order valence-corrected chi connectivity index (χ2v) is 8.98. The lowest BCUT2D eigenvalue weighted by atomic mass is 10.1. The summed E-state index contributed by atoms with van der Waals surface area (Å²) >= 11 is 1.10. The number of anilines is 1. The van der Waals surface area contributed by atoms with Crippen LogP contribution in [0.1, 0.15) is 18.4 Å². The number of hydrogen-bond acceptors (Lipinski definition) is 8. The highest BCUT2D eigenvalue weighted by Crippen LogP contribution is 2.49. The van der Waals surface area contributed by atoms with E-state index in [0.717, 1.165) is 24.2 Å². The lowest BCUT2D eigenvalue weighted by Gasteiger charge is -2.14. The predicted molar refractivity (Wildman–Crippen MR) is 102 cm³/mol. The standard InChI is InChI=1S/C18H17NO7S2/c1-23-16-11(4-7-14(20)26-12-5-6-12)9-13(17-18(16)25-10-24-17)19-28(21,22)15-3-2-8-27-15/h2-4,7-9,12,19H,5-6,10H2,1H3. The van der Waals surface area contributed by atoms with Gasteiger partial charge in [0.05, 0.1) is 12.8 Å². The molecule has 8 nitrogen and oxygen atoms in total. The fraction of sp³-hybridized carbons (Fsp3) is 0.278. The highest BCUT2D eigenvalue weighted by molar-refractivity contribution is 7.94. The van der Waals surface area contributed by atoms with Crippen molar-refractivity contribution in [3.05, 3.63) is 35.2 Å². The maximum Gasteiger partial charge on any atom is 0.331 e. The Morgan fingerprint density at radius 2 is 2.11 bits per heavy atom. The van der Waals surface area contributed by atoms with Crippen molar-refractivity contribution in [3.63, 3.8) is 0 Å². The molecule has 0 unspecified atom stereocenters. The summed E-state index contributed by atoms with van der Waals surface area (Å²) in [5.74, 6) is 0.365. The molecule has 2 aromatic rings. The van der Waals surface area contributed by atoms with Crippen LogP contribution in [0.5, 0.6) is 17.2 Å². The number of carbonyl (C=O) groups is 1. The van der Waals surface area contributed by atoms with Crippen molar-refractivity contribution in [3.8, 4) is 17.2 Å². The normalized spacial score (nSPS) is 15.6. The Balaban J connectivity index is 1.69. The summed E-state index contributed by atoms with van der Waals surface area (Å²) in [7, 11) is -2.34. The van der Waals surface area contributed by atoms with Crippen LogP contribution in [0.25, 0.3) is 6.08 Å². The fourth-order valence-electron chi connectivity index (χ4n) is 2.63. The molecule has 1 aliphatic heterocycles. The molecule has 4 rings (SSSR count). The number of carbonyl (C=O) groups excluding carboxylic acids is 1.